The lowest BCUT2D eigenvalue weighted by Gasteiger charge is -2.07. The number of aromatic nitrogens is 2. The molecule has 1 aromatic carbocycles. The molecule has 0 amide bonds. The molecule has 2 aromatic heterocycles. The van der Waals surface area contributed by atoms with Gasteiger partial charge in [0.1, 0.15) is 6.61 Å². The second-order valence-electron chi connectivity index (χ2n) is 4.39. The molecule has 0 aliphatic rings. The number of pyridine rings is 1. The first-order valence-electron chi connectivity index (χ1n) is 6.12. The zero-order valence-corrected chi connectivity index (χ0v) is 10.6. The maximum atomic E-state index is 7.91. The molecule has 1 radical (unpaired) electrons. The van der Waals surface area contributed by atoms with Crippen molar-refractivity contribution in [2.24, 2.45) is 0 Å². The van der Waals surface area contributed by atoms with Gasteiger partial charge in [-0.15, -0.1) is 0 Å². The van der Waals surface area contributed by atoms with Crippen LogP contribution in [0.4, 0.5) is 5.82 Å². The highest BCUT2D eigenvalue weighted by atomic mass is 16.5. The third-order valence-corrected chi connectivity index (χ3v) is 3.03. The molecule has 3 rings (SSSR count). The predicted octanol–water partition coefficient (Wildman–Crippen LogP) is 3.14. The largest absolute Gasteiger partial charge is 0.485 e. The topological polar surface area (TPSA) is 50.3 Å². The minimum Gasteiger partial charge on any atom is -0.485 e. The van der Waals surface area contributed by atoms with Crippen LogP contribution in [-0.2, 0) is 6.61 Å². The van der Waals surface area contributed by atoms with Crippen LogP contribution in [0, 0.1) is 6.92 Å². The van der Waals surface area contributed by atoms with E-state index in [1.807, 2.05) is 55.6 Å². The fourth-order valence-corrected chi connectivity index (χ4v) is 2.00. The summed E-state index contributed by atoms with van der Waals surface area (Å²) in [4.78, 5) is 4.38. The molecule has 0 saturated carbocycles. The zero-order chi connectivity index (χ0) is 13.2. The van der Waals surface area contributed by atoms with E-state index in [1.54, 1.807) is 4.40 Å². The molecule has 0 bridgehead atoms. The van der Waals surface area contributed by atoms with Gasteiger partial charge in [0.25, 0.3) is 0 Å². The van der Waals surface area contributed by atoms with Crippen LogP contribution < -0.4 is 10.5 Å². The number of hydrogen-bond donors (Lipinski definition) is 0. The fourth-order valence-electron chi connectivity index (χ4n) is 2.00. The summed E-state index contributed by atoms with van der Waals surface area (Å²) in [6.07, 6.45) is 1.83. The zero-order valence-electron chi connectivity index (χ0n) is 10.6. The summed E-state index contributed by atoms with van der Waals surface area (Å²) in [6.45, 7) is 2.33. The lowest BCUT2D eigenvalue weighted by atomic mass is 10.2. The lowest BCUT2D eigenvalue weighted by molar-refractivity contribution is 0.308. The van der Waals surface area contributed by atoms with Gasteiger partial charge in [-0.2, -0.15) is 0 Å². The van der Waals surface area contributed by atoms with Gasteiger partial charge in [0.2, 0.25) is 0 Å². The molecule has 0 atom stereocenters. The number of fused-ring (bicyclic) bond motifs is 1. The lowest BCUT2D eigenvalue weighted by Crippen LogP contribution is -1.97. The summed E-state index contributed by atoms with van der Waals surface area (Å²) in [5.41, 5.74) is 10.4. The van der Waals surface area contributed by atoms with Gasteiger partial charge in [0.15, 0.2) is 17.2 Å². The average molecular weight is 252 g/mol. The van der Waals surface area contributed by atoms with Gasteiger partial charge >= 0.3 is 0 Å². The van der Waals surface area contributed by atoms with E-state index < -0.39 is 0 Å². The number of benzene rings is 1. The Morgan fingerprint density at radius 2 is 1.95 bits per heavy atom. The van der Waals surface area contributed by atoms with Crippen molar-refractivity contribution in [3.05, 3.63) is 59.9 Å². The second kappa shape index (κ2) is 4.65. The maximum Gasteiger partial charge on any atom is 0.181 e. The molecular formula is C15H14N3O. The van der Waals surface area contributed by atoms with Crippen LogP contribution in [0.3, 0.4) is 0 Å². The van der Waals surface area contributed by atoms with Crippen LogP contribution >= 0.6 is 0 Å². The van der Waals surface area contributed by atoms with Gasteiger partial charge in [-0.1, -0.05) is 30.3 Å². The van der Waals surface area contributed by atoms with Gasteiger partial charge in [-0.3, -0.25) is 10.1 Å². The number of ether oxygens (including phenoxy) is 1. The Morgan fingerprint density at radius 1 is 1.16 bits per heavy atom. The summed E-state index contributed by atoms with van der Waals surface area (Å²) in [7, 11) is 0. The van der Waals surface area contributed by atoms with Crippen molar-refractivity contribution in [2.75, 3.05) is 0 Å². The van der Waals surface area contributed by atoms with Gasteiger partial charge in [-0.05, 0) is 24.6 Å². The van der Waals surface area contributed by atoms with Crippen LogP contribution in [-0.4, -0.2) is 9.38 Å². The molecule has 0 unspecified atom stereocenters. The second-order valence-corrected chi connectivity index (χ2v) is 4.39. The maximum absolute atomic E-state index is 7.91. The number of hydrogen-bond acceptors (Lipinski definition) is 2. The number of aryl methyl sites for hydroxylation is 1. The SMILES string of the molecule is Cc1nc2c(OCc3ccccc3)cccn2c1[NH]. The highest BCUT2D eigenvalue weighted by Gasteiger charge is 2.10. The molecule has 0 spiro atoms. The molecule has 0 saturated heterocycles. The van der Waals surface area contributed by atoms with E-state index in [2.05, 4.69) is 4.98 Å². The Kier molecular flexibility index (Phi) is 2.83. The molecular weight excluding hydrogens is 238 g/mol. The highest BCUT2D eigenvalue weighted by molar-refractivity contribution is 5.59. The van der Waals surface area contributed by atoms with E-state index in [0.29, 0.717) is 29.5 Å². The van der Waals surface area contributed by atoms with Crippen LogP contribution in [0.2, 0.25) is 0 Å². The normalized spacial score (nSPS) is 10.8. The summed E-state index contributed by atoms with van der Waals surface area (Å²) in [5.74, 6) is 1.10. The number of imidazole rings is 1. The molecule has 95 valence electrons. The van der Waals surface area contributed by atoms with Crippen molar-refractivity contribution in [1.82, 2.24) is 15.1 Å². The van der Waals surface area contributed by atoms with Gasteiger partial charge < -0.3 is 4.74 Å². The molecule has 0 aliphatic heterocycles. The average Bonchev–Trinajstić information content (AvgIpc) is 2.74. The number of rotatable bonds is 3. The van der Waals surface area contributed by atoms with Crippen molar-refractivity contribution < 1.29 is 4.74 Å². The molecule has 1 N–H and O–H groups in total. The first kappa shape index (κ1) is 11.6. The van der Waals surface area contributed by atoms with Crippen LogP contribution in [0.1, 0.15) is 11.3 Å². The molecule has 2 heterocycles. The van der Waals surface area contributed by atoms with Crippen molar-refractivity contribution in [1.29, 1.82) is 0 Å². The van der Waals surface area contributed by atoms with Crippen LogP contribution in [0.5, 0.6) is 5.75 Å². The summed E-state index contributed by atoms with van der Waals surface area (Å²) >= 11 is 0. The monoisotopic (exact) mass is 252 g/mol. The minimum absolute atomic E-state index is 0.403. The molecule has 4 nitrogen and oxygen atoms in total. The van der Waals surface area contributed by atoms with Crippen molar-refractivity contribution in [2.45, 2.75) is 13.5 Å². The van der Waals surface area contributed by atoms with Crippen LogP contribution in [0.25, 0.3) is 5.65 Å². The Balaban J connectivity index is 1.91. The number of nitrogens with zero attached hydrogens (tertiary/aromatic N) is 2. The summed E-state index contributed by atoms with van der Waals surface area (Å²) in [6, 6.07) is 13.7. The third kappa shape index (κ3) is 2.12. The smallest absolute Gasteiger partial charge is 0.181 e. The standard InChI is InChI=1S/C15H14N3O/c1-11-14(16)18-9-5-8-13(15(18)17-11)19-10-12-6-3-2-4-7-12/h2-9,16H,10H2,1H3. The van der Waals surface area contributed by atoms with Gasteiger partial charge in [0.05, 0.1) is 5.69 Å². The third-order valence-electron chi connectivity index (χ3n) is 3.03. The first-order chi connectivity index (χ1) is 9.25. The van der Waals surface area contributed by atoms with E-state index in [0.717, 1.165) is 5.56 Å². The first-order valence-corrected chi connectivity index (χ1v) is 6.12. The van der Waals surface area contributed by atoms with E-state index in [-0.39, 0.29) is 0 Å². The Labute approximate surface area is 111 Å². The van der Waals surface area contributed by atoms with Gasteiger partial charge in [0, 0.05) is 6.20 Å². The highest BCUT2D eigenvalue weighted by Crippen LogP contribution is 2.24. The minimum atomic E-state index is 0.403. The molecule has 0 fully saturated rings. The van der Waals surface area contributed by atoms with Crippen molar-refractivity contribution in [3.63, 3.8) is 0 Å². The van der Waals surface area contributed by atoms with E-state index in [4.69, 9.17) is 10.5 Å². The predicted molar refractivity (Wildman–Crippen MR) is 73.5 cm³/mol. The summed E-state index contributed by atoms with van der Waals surface area (Å²) < 4.78 is 7.54. The Hall–Kier alpha value is -2.49. The molecule has 4 heteroatoms. The van der Waals surface area contributed by atoms with Crippen molar-refractivity contribution in [3.8, 4) is 5.75 Å². The Bertz CT molecular complexity index is 704. The van der Waals surface area contributed by atoms with Crippen LogP contribution in [0.15, 0.2) is 48.7 Å². The van der Waals surface area contributed by atoms with E-state index in [1.165, 1.54) is 0 Å². The molecule has 19 heavy (non-hydrogen) atoms. The number of nitrogens with one attached hydrogen (secondary N) is 1. The Morgan fingerprint density at radius 3 is 2.74 bits per heavy atom. The van der Waals surface area contributed by atoms with E-state index in [9.17, 15) is 0 Å². The van der Waals surface area contributed by atoms with Crippen molar-refractivity contribution >= 4 is 11.5 Å². The van der Waals surface area contributed by atoms with Gasteiger partial charge in [-0.25, -0.2) is 4.98 Å². The molecule has 0 aliphatic carbocycles. The quantitative estimate of drug-likeness (QED) is 0.719. The molecule has 3 aromatic rings. The summed E-state index contributed by atoms with van der Waals surface area (Å²) in [5, 5.41) is 0. The van der Waals surface area contributed by atoms with E-state index >= 15 is 0 Å². The fraction of sp³-hybridized carbons (Fsp3) is 0.133.